The van der Waals surface area contributed by atoms with Gasteiger partial charge in [-0.15, -0.1) is 0 Å². The zero-order chi connectivity index (χ0) is 24.8. The molecule has 0 radical (unpaired) electrons. The minimum absolute atomic E-state index is 0.111. The Morgan fingerprint density at radius 2 is 1.71 bits per heavy atom. The highest BCUT2D eigenvalue weighted by Gasteiger charge is 2.28. The number of hydrogen-bond acceptors (Lipinski definition) is 7. The van der Waals surface area contributed by atoms with E-state index in [1.807, 2.05) is 45.0 Å². The van der Waals surface area contributed by atoms with Crippen LogP contribution in [0.15, 0.2) is 42.5 Å². The first kappa shape index (κ1) is 25.1. The summed E-state index contributed by atoms with van der Waals surface area (Å²) in [6.45, 7) is 9.24. The van der Waals surface area contributed by atoms with Crippen LogP contribution in [0.2, 0.25) is 0 Å². The summed E-state index contributed by atoms with van der Waals surface area (Å²) in [5.41, 5.74) is 2.40. The molecule has 8 nitrogen and oxygen atoms in total. The van der Waals surface area contributed by atoms with E-state index < -0.39 is 12.0 Å². The van der Waals surface area contributed by atoms with E-state index in [1.54, 1.807) is 23.1 Å². The average molecular weight is 465 g/mol. The number of piperazine rings is 1. The van der Waals surface area contributed by atoms with E-state index >= 15 is 0 Å². The molecule has 2 aromatic carbocycles. The molecule has 34 heavy (non-hydrogen) atoms. The van der Waals surface area contributed by atoms with Crippen molar-refractivity contribution in [2.45, 2.75) is 40.2 Å². The zero-order valence-corrected chi connectivity index (χ0v) is 20.2. The van der Waals surface area contributed by atoms with Gasteiger partial charge in [-0.3, -0.25) is 9.59 Å². The first-order chi connectivity index (χ1) is 16.3. The Kier molecular flexibility index (Phi) is 8.17. The van der Waals surface area contributed by atoms with Crippen molar-refractivity contribution in [1.82, 2.24) is 14.9 Å². The van der Waals surface area contributed by atoms with Crippen LogP contribution in [0.25, 0.3) is 22.3 Å². The Labute approximate surface area is 199 Å². The fourth-order valence-corrected chi connectivity index (χ4v) is 3.96. The van der Waals surface area contributed by atoms with Gasteiger partial charge in [0, 0.05) is 38.0 Å². The number of Topliss-reactive ketones (excluding diaryl/α,β-unsaturated/α-hetero) is 1. The maximum atomic E-state index is 12.5. The number of fused-ring (bicyclic) bond motifs is 1. The maximum absolute atomic E-state index is 12.5. The van der Waals surface area contributed by atoms with E-state index in [9.17, 15) is 19.8 Å². The van der Waals surface area contributed by atoms with Crippen molar-refractivity contribution in [3.63, 3.8) is 0 Å². The molecule has 4 rings (SSSR count). The highest BCUT2D eigenvalue weighted by molar-refractivity contribution is 5.92. The topological polar surface area (TPSA) is 107 Å². The fourth-order valence-electron chi connectivity index (χ4n) is 3.96. The number of amides is 1. The van der Waals surface area contributed by atoms with E-state index in [0.29, 0.717) is 37.6 Å². The van der Waals surface area contributed by atoms with Crippen LogP contribution in [0.4, 0.5) is 5.82 Å². The number of aliphatic hydroxyl groups excluding tert-OH is 1. The van der Waals surface area contributed by atoms with E-state index in [0.717, 1.165) is 22.3 Å². The van der Waals surface area contributed by atoms with E-state index in [4.69, 9.17) is 4.98 Å². The van der Waals surface area contributed by atoms with Crippen LogP contribution in [0.3, 0.4) is 0 Å². The summed E-state index contributed by atoms with van der Waals surface area (Å²) in [4.78, 5) is 36.8. The zero-order valence-electron chi connectivity index (χ0n) is 20.2. The average Bonchev–Trinajstić information content (AvgIpc) is 2.84. The molecule has 1 fully saturated rings. The molecule has 8 heteroatoms. The molecule has 1 amide bonds. The van der Waals surface area contributed by atoms with Gasteiger partial charge < -0.3 is 20.0 Å². The van der Waals surface area contributed by atoms with Gasteiger partial charge in [0.15, 0.2) is 5.82 Å². The second-order valence-electron chi connectivity index (χ2n) is 8.14. The smallest absolute Gasteiger partial charge is 0.251 e. The highest BCUT2D eigenvalue weighted by atomic mass is 16.3. The molecule has 1 atom stereocenters. The van der Waals surface area contributed by atoms with Crippen molar-refractivity contribution < 1.29 is 19.8 Å². The third kappa shape index (κ3) is 5.51. The second kappa shape index (κ2) is 11.1. The third-order valence-electron chi connectivity index (χ3n) is 5.63. The number of ketones is 1. The van der Waals surface area contributed by atoms with Crippen molar-refractivity contribution >= 4 is 28.4 Å². The van der Waals surface area contributed by atoms with E-state index in [-0.39, 0.29) is 18.0 Å². The van der Waals surface area contributed by atoms with Crippen molar-refractivity contribution in [3.05, 3.63) is 48.0 Å². The number of phenols is 1. The van der Waals surface area contributed by atoms with Crippen LogP contribution in [0, 0.1) is 6.92 Å². The van der Waals surface area contributed by atoms with Gasteiger partial charge in [-0.2, -0.15) is 0 Å². The van der Waals surface area contributed by atoms with Crippen LogP contribution >= 0.6 is 0 Å². The Morgan fingerprint density at radius 3 is 2.35 bits per heavy atom. The molecule has 1 unspecified atom stereocenters. The Balaban J connectivity index is 0.00000158. The number of carbonyl (C=O) groups is 2. The van der Waals surface area contributed by atoms with Crippen LogP contribution in [0.1, 0.15) is 32.8 Å². The fraction of sp³-hybridized carbons (Fsp3) is 0.385. The van der Waals surface area contributed by atoms with Crippen LogP contribution < -0.4 is 4.90 Å². The lowest BCUT2D eigenvalue weighted by Crippen LogP contribution is -2.52. The van der Waals surface area contributed by atoms with Gasteiger partial charge >= 0.3 is 0 Å². The summed E-state index contributed by atoms with van der Waals surface area (Å²) in [6.07, 6.45) is -1.46. The summed E-state index contributed by atoms with van der Waals surface area (Å²) < 4.78 is 0. The first-order valence-electron chi connectivity index (χ1n) is 11.6. The van der Waals surface area contributed by atoms with Gasteiger partial charge in [0.05, 0.1) is 11.1 Å². The lowest BCUT2D eigenvalue weighted by molar-refractivity contribution is -0.142. The molecular formula is C26H32N4O4. The Hall–Kier alpha value is -3.52. The molecule has 0 aliphatic carbocycles. The molecule has 2 N–H and O–H groups in total. The summed E-state index contributed by atoms with van der Waals surface area (Å²) in [5, 5.41) is 21.2. The molecular weight excluding hydrogens is 432 g/mol. The van der Waals surface area contributed by atoms with Gasteiger partial charge in [-0.05, 0) is 43.7 Å². The normalized spacial score (nSPS) is 14.4. The minimum atomic E-state index is -1.30. The Morgan fingerprint density at radius 1 is 1.03 bits per heavy atom. The SMILES string of the molecule is CC.CC(=O)CC(O)C(=O)N1CCN(c2nc(-c3ccccc3O)nc3cc(C)ccc23)CC1. The van der Waals surface area contributed by atoms with E-state index in [2.05, 4.69) is 9.88 Å². The second-order valence-corrected chi connectivity index (χ2v) is 8.14. The molecule has 1 aliphatic heterocycles. The number of nitrogens with zero attached hydrogens (tertiary/aromatic N) is 4. The first-order valence-corrected chi connectivity index (χ1v) is 11.6. The van der Waals surface area contributed by atoms with Crippen molar-refractivity contribution in [2.24, 2.45) is 0 Å². The minimum Gasteiger partial charge on any atom is -0.507 e. The molecule has 0 spiro atoms. The van der Waals surface area contributed by atoms with Gasteiger partial charge in [0.1, 0.15) is 23.5 Å². The number of aromatic hydroxyl groups is 1. The molecule has 2 heterocycles. The number of para-hydroxylation sites is 1. The number of anilines is 1. The monoisotopic (exact) mass is 464 g/mol. The number of rotatable bonds is 5. The highest BCUT2D eigenvalue weighted by Crippen LogP contribution is 2.32. The van der Waals surface area contributed by atoms with Gasteiger partial charge in [-0.1, -0.05) is 32.0 Å². The van der Waals surface area contributed by atoms with Gasteiger partial charge in [0.25, 0.3) is 5.91 Å². The number of aromatic nitrogens is 2. The molecule has 0 saturated carbocycles. The van der Waals surface area contributed by atoms with E-state index in [1.165, 1.54) is 6.92 Å². The van der Waals surface area contributed by atoms with Crippen LogP contribution in [-0.2, 0) is 9.59 Å². The number of carbonyl (C=O) groups excluding carboxylic acids is 2. The third-order valence-corrected chi connectivity index (χ3v) is 5.63. The number of hydrogen-bond donors (Lipinski definition) is 2. The molecule has 1 aliphatic rings. The quantitative estimate of drug-likeness (QED) is 0.596. The Bertz CT molecular complexity index is 1170. The van der Waals surface area contributed by atoms with Crippen LogP contribution in [-0.4, -0.2) is 69.1 Å². The number of phenolic OH excluding ortho intramolecular Hbond substituents is 1. The molecule has 1 aromatic heterocycles. The summed E-state index contributed by atoms with van der Waals surface area (Å²) in [7, 11) is 0. The van der Waals surface area contributed by atoms with Crippen molar-refractivity contribution in [2.75, 3.05) is 31.1 Å². The molecule has 3 aromatic rings. The number of benzene rings is 2. The van der Waals surface area contributed by atoms with Crippen molar-refractivity contribution in [3.8, 4) is 17.1 Å². The number of aliphatic hydroxyl groups is 1. The van der Waals surface area contributed by atoms with Crippen LogP contribution in [0.5, 0.6) is 5.75 Å². The summed E-state index contributed by atoms with van der Waals surface area (Å²) in [5.74, 6) is 0.651. The van der Waals surface area contributed by atoms with Gasteiger partial charge in [0.2, 0.25) is 0 Å². The van der Waals surface area contributed by atoms with Crippen molar-refractivity contribution in [1.29, 1.82) is 0 Å². The summed E-state index contributed by atoms with van der Waals surface area (Å²) >= 11 is 0. The predicted octanol–water partition coefficient (Wildman–Crippen LogP) is 3.33. The lowest BCUT2D eigenvalue weighted by atomic mass is 10.1. The summed E-state index contributed by atoms with van der Waals surface area (Å²) in [6, 6.07) is 13.0. The maximum Gasteiger partial charge on any atom is 0.251 e. The molecule has 0 bridgehead atoms. The standard InChI is InChI=1S/C24H26N4O4.C2H6/c1-15-7-8-17-19(13-15)25-22(18-5-3-4-6-20(18)30)26-23(17)27-9-11-28(12-10-27)24(32)21(31)14-16(2)29;1-2/h3-8,13,21,30-31H,9-12,14H2,1-2H3;1-2H3. The van der Waals surface area contributed by atoms with Gasteiger partial charge in [-0.25, -0.2) is 9.97 Å². The molecule has 1 saturated heterocycles. The predicted molar refractivity (Wildman–Crippen MR) is 133 cm³/mol. The largest absolute Gasteiger partial charge is 0.507 e. The number of aryl methyl sites for hydroxylation is 1. The molecule has 180 valence electrons. The lowest BCUT2D eigenvalue weighted by Gasteiger charge is -2.36.